The maximum absolute atomic E-state index is 12.9. The Morgan fingerprint density at radius 1 is 1.17 bits per heavy atom. The molecule has 1 N–H and O–H groups in total. The highest BCUT2D eigenvalue weighted by Crippen LogP contribution is 2.26. The molecule has 0 amide bonds. The minimum atomic E-state index is -3.36. The number of fused-ring (bicyclic) bond motifs is 2. The summed E-state index contributed by atoms with van der Waals surface area (Å²) in [5.74, 6) is 0.467. The highest BCUT2D eigenvalue weighted by Gasteiger charge is 2.34. The molecule has 3 rings (SSSR count). The topological polar surface area (TPSA) is 49.4 Å². The van der Waals surface area contributed by atoms with Crippen LogP contribution in [0.3, 0.4) is 0 Å². The lowest BCUT2D eigenvalue weighted by Gasteiger charge is -2.24. The fourth-order valence-electron chi connectivity index (χ4n) is 3.48. The Morgan fingerprint density at radius 3 is 2.48 bits per heavy atom. The average molecular weight is 359 g/mol. The third-order valence-electron chi connectivity index (χ3n) is 5.19. The van der Waals surface area contributed by atoms with Gasteiger partial charge in [0.05, 0.1) is 4.90 Å². The highest BCUT2D eigenvalue weighted by molar-refractivity contribution is 7.89. The zero-order valence-electron chi connectivity index (χ0n) is 13.9. The van der Waals surface area contributed by atoms with Crippen LogP contribution in [-0.4, -0.2) is 37.9 Å². The Kier molecular flexibility index (Phi) is 6.11. The molecule has 0 spiro atoms. The lowest BCUT2D eigenvalue weighted by Crippen LogP contribution is -2.39. The molecule has 2 heterocycles. The number of sulfonamides is 1. The number of hydrogen-bond acceptors (Lipinski definition) is 3. The molecule has 2 saturated heterocycles. The summed E-state index contributed by atoms with van der Waals surface area (Å²) in [7, 11) is -3.36. The summed E-state index contributed by atoms with van der Waals surface area (Å²) in [6.07, 6.45) is 4.25. The largest absolute Gasteiger partial charge is 0.310 e. The van der Waals surface area contributed by atoms with Crippen molar-refractivity contribution in [2.24, 2.45) is 0 Å². The number of halogens is 1. The maximum Gasteiger partial charge on any atom is 0.243 e. The van der Waals surface area contributed by atoms with Crippen LogP contribution in [-0.2, 0) is 10.0 Å². The summed E-state index contributed by atoms with van der Waals surface area (Å²) >= 11 is 0. The number of nitrogens with zero attached hydrogens (tertiary/aromatic N) is 1. The molecule has 4 nitrogen and oxygen atoms in total. The molecule has 0 saturated carbocycles. The Bertz CT molecular complexity index is 618. The summed E-state index contributed by atoms with van der Waals surface area (Å²) in [5.41, 5.74) is 1.21. The van der Waals surface area contributed by atoms with E-state index in [1.165, 1.54) is 12.0 Å². The van der Waals surface area contributed by atoms with Crippen molar-refractivity contribution in [2.75, 3.05) is 13.1 Å². The van der Waals surface area contributed by atoms with Crippen molar-refractivity contribution in [1.82, 2.24) is 9.62 Å². The first kappa shape index (κ1) is 18.7. The van der Waals surface area contributed by atoms with E-state index in [1.54, 1.807) is 16.4 Å². The van der Waals surface area contributed by atoms with E-state index in [4.69, 9.17) is 0 Å². The first-order valence-electron chi connectivity index (χ1n) is 8.37. The molecular weight excluding hydrogens is 332 g/mol. The van der Waals surface area contributed by atoms with Crippen molar-refractivity contribution in [3.8, 4) is 0 Å². The molecule has 2 aliphatic rings. The smallest absolute Gasteiger partial charge is 0.243 e. The minimum absolute atomic E-state index is 0. The quantitative estimate of drug-likeness (QED) is 0.899. The zero-order valence-corrected chi connectivity index (χ0v) is 15.5. The van der Waals surface area contributed by atoms with Crippen LogP contribution in [0.4, 0.5) is 0 Å². The van der Waals surface area contributed by atoms with Gasteiger partial charge in [-0.3, -0.25) is 0 Å². The van der Waals surface area contributed by atoms with Crippen LogP contribution in [0.15, 0.2) is 29.2 Å². The van der Waals surface area contributed by atoms with Gasteiger partial charge in [-0.05, 0) is 49.3 Å². The Labute approximate surface area is 146 Å². The van der Waals surface area contributed by atoms with Crippen molar-refractivity contribution >= 4 is 22.4 Å². The first-order valence-corrected chi connectivity index (χ1v) is 9.81. The average Bonchev–Trinajstić information content (AvgIpc) is 2.85. The zero-order chi connectivity index (χ0) is 15.7. The standard InChI is InChI=1S/C17H26N2O2S.ClH/c1-3-13(2)14-4-8-17(9-5-14)22(20,21)19-11-10-15-6-7-16(12-19)18-15;/h4-5,8-9,13,15-16,18H,3,6-7,10-12H2,1-2H3;1H. The van der Waals surface area contributed by atoms with Gasteiger partial charge in [-0.2, -0.15) is 4.31 Å². The molecule has 130 valence electrons. The highest BCUT2D eigenvalue weighted by atomic mass is 35.5. The van der Waals surface area contributed by atoms with Crippen LogP contribution in [0.5, 0.6) is 0 Å². The van der Waals surface area contributed by atoms with E-state index >= 15 is 0 Å². The molecule has 2 bridgehead atoms. The molecule has 2 fully saturated rings. The van der Waals surface area contributed by atoms with Crippen molar-refractivity contribution in [3.63, 3.8) is 0 Å². The normalized spacial score (nSPS) is 26.3. The van der Waals surface area contributed by atoms with Gasteiger partial charge in [-0.1, -0.05) is 26.0 Å². The van der Waals surface area contributed by atoms with E-state index in [0.29, 0.717) is 36.0 Å². The van der Waals surface area contributed by atoms with E-state index in [2.05, 4.69) is 19.2 Å². The van der Waals surface area contributed by atoms with Crippen molar-refractivity contribution in [3.05, 3.63) is 29.8 Å². The summed E-state index contributed by atoms with van der Waals surface area (Å²) in [6, 6.07) is 8.28. The second kappa shape index (κ2) is 7.51. The molecule has 0 aliphatic carbocycles. The van der Waals surface area contributed by atoms with Crippen LogP contribution < -0.4 is 5.32 Å². The van der Waals surface area contributed by atoms with Crippen LogP contribution in [0, 0.1) is 0 Å². The summed E-state index contributed by atoms with van der Waals surface area (Å²) in [6.45, 7) is 5.55. The van der Waals surface area contributed by atoms with Gasteiger partial charge in [0.15, 0.2) is 0 Å². The second-order valence-corrected chi connectivity index (χ2v) is 8.61. The molecule has 0 aromatic heterocycles. The Balaban J connectivity index is 0.00000192. The molecule has 3 atom stereocenters. The van der Waals surface area contributed by atoms with Crippen LogP contribution >= 0.6 is 12.4 Å². The van der Waals surface area contributed by atoms with E-state index in [-0.39, 0.29) is 12.4 Å². The SMILES string of the molecule is CCC(C)c1ccc(S(=O)(=O)N2CCC3CCC(C2)N3)cc1.Cl. The monoisotopic (exact) mass is 358 g/mol. The summed E-state index contributed by atoms with van der Waals surface area (Å²) in [4.78, 5) is 0.428. The summed E-state index contributed by atoms with van der Waals surface area (Å²) < 4.78 is 27.4. The van der Waals surface area contributed by atoms with Gasteiger partial charge in [-0.25, -0.2) is 8.42 Å². The number of benzene rings is 1. The Morgan fingerprint density at radius 2 is 1.83 bits per heavy atom. The molecule has 23 heavy (non-hydrogen) atoms. The van der Waals surface area contributed by atoms with Crippen molar-refractivity contribution in [2.45, 2.75) is 62.4 Å². The number of rotatable bonds is 4. The van der Waals surface area contributed by atoms with Crippen LogP contribution in [0.2, 0.25) is 0 Å². The minimum Gasteiger partial charge on any atom is -0.310 e. The maximum atomic E-state index is 12.9. The fourth-order valence-corrected chi connectivity index (χ4v) is 4.98. The Hall–Kier alpha value is -0.620. The van der Waals surface area contributed by atoms with Gasteiger partial charge in [0.2, 0.25) is 10.0 Å². The van der Waals surface area contributed by atoms with E-state index < -0.39 is 10.0 Å². The molecule has 2 aliphatic heterocycles. The molecule has 1 aromatic carbocycles. The predicted octanol–water partition coefficient (Wildman–Crippen LogP) is 3.14. The third kappa shape index (κ3) is 3.90. The second-order valence-electron chi connectivity index (χ2n) is 6.67. The molecule has 1 aromatic rings. The molecule has 3 unspecified atom stereocenters. The van der Waals surface area contributed by atoms with E-state index in [1.807, 2.05) is 12.1 Å². The number of nitrogens with one attached hydrogen (secondary N) is 1. The molecule has 0 radical (unpaired) electrons. The fraction of sp³-hybridized carbons (Fsp3) is 0.647. The molecule has 6 heteroatoms. The van der Waals surface area contributed by atoms with Crippen LogP contribution in [0.25, 0.3) is 0 Å². The van der Waals surface area contributed by atoms with Gasteiger partial charge in [-0.15, -0.1) is 12.4 Å². The van der Waals surface area contributed by atoms with Gasteiger partial charge in [0, 0.05) is 25.2 Å². The number of hydrogen-bond donors (Lipinski definition) is 1. The van der Waals surface area contributed by atoms with E-state index in [0.717, 1.165) is 19.3 Å². The van der Waals surface area contributed by atoms with Gasteiger partial charge in [0.25, 0.3) is 0 Å². The predicted molar refractivity (Wildman–Crippen MR) is 95.7 cm³/mol. The van der Waals surface area contributed by atoms with E-state index in [9.17, 15) is 8.42 Å². The lowest BCUT2D eigenvalue weighted by molar-refractivity contribution is 0.383. The van der Waals surface area contributed by atoms with Crippen molar-refractivity contribution in [1.29, 1.82) is 0 Å². The van der Waals surface area contributed by atoms with Crippen LogP contribution in [0.1, 0.15) is 51.0 Å². The third-order valence-corrected chi connectivity index (χ3v) is 7.06. The van der Waals surface area contributed by atoms with Gasteiger partial charge in [0.1, 0.15) is 0 Å². The first-order chi connectivity index (χ1) is 10.5. The summed E-state index contributed by atoms with van der Waals surface area (Å²) in [5, 5.41) is 3.53. The molecular formula is C17H27ClN2O2S. The van der Waals surface area contributed by atoms with Gasteiger partial charge < -0.3 is 5.32 Å². The lowest BCUT2D eigenvalue weighted by atomic mass is 9.99. The van der Waals surface area contributed by atoms with Crippen molar-refractivity contribution < 1.29 is 8.42 Å². The van der Waals surface area contributed by atoms with Gasteiger partial charge >= 0.3 is 0 Å².